The molecular formula is C19H22N2O3. The molecular weight excluding hydrogens is 304 g/mol. The monoisotopic (exact) mass is 326 g/mol. The molecule has 2 rings (SSSR count). The molecule has 0 unspecified atom stereocenters. The third-order valence-electron chi connectivity index (χ3n) is 3.44. The zero-order chi connectivity index (χ0) is 17.7. The molecule has 24 heavy (non-hydrogen) atoms. The molecule has 0 saturated heterocycles. The van der Waals surface area contributed by atoms with Crippen molar-refractivity contribution >= 4 is 17.6 Å². The van der Waals surface area contributed by atoms with Crippen LogP contribution in [0.5, 0.6) is 0 Å². The Morgan fingerprint density at radius 2 is 1.75 bits per heavy atom. The maximum atomic E-state index is 12.4. The van der Waals surface area contributed by atoms with Gasteiger partial charge in [-0.1, -0.05) is 20.8 Å². The molecule has 0 saturated carbocycles. The first-order chi connectivity index (χ1) is 11.3. The summed E-state index contributed by atoms with van der Waals surface area (Å²) in [5.41, 5.74) is 2.34. The number of anilines is 1. The van der Waals surface area contributed by atoms with Gasteiger partial charge in [0.2, 0.25) is 0 Å². The summed E-state index contributed by atoms with van der Waals surface area (Å²) in [5.74, 6) is -0.592. The highest BCUT2D eigenvalue weighted by Crippen LogP contribution is 2.21. The summed E-state index contributed by atoms with van der Waals surface area (Å²) >= 11 is 0. The highest BCUT2D eigenvalue weighted by molar-refractivity contribution is 6.04. The Morgan fingerprint density at radius 3 is 2.33 bits per heavy atom. The van der Waals surface area contributed by atoms with E-state index in [0.29, 0.717) is 23.4 Å². The fourth-order valence-electron chi connectivity index (χ4n) is 2.09. The number of amides is 1. The zero-order valence-electron chi connectivity index (χ0n) is 14.4. The third kappa shape index (κ3) is 4.41. The molecule has 2 aromatic rings. The van der Waals surface area contributed by atoms with Gasteiger partial charge in [0.25, 0.3) is 5.91 Å². The van der Waals surface area contributed by atoms with Crippen LogP contribution in [-0.4, -0.2) is 23.5 Å². The van der Waals surface area contributed by atoms with Gasteiger partial charge in [0.05, 0.1) is 12.2 Å². The van der Waals surface area contributed by atoms with Crippen LogP contribution in [0, 0.1) is 0 Å². The van der Waals surface area contributed by atoms with E-state index in [1.807, 2.05) is 20.8 Å². The van der Waals surface area contributed by atoms with Crippen LogP contribution < -0.4 is 5.32 Å². The van der Waals surface area contributed by atoms with Gasteiger partial charge in [-0.3, -0.25) is 9.78 Å². The van der Waals surface area contributed by atoms with Gasteiger partial charge in [-0.25, -0.2) is 4.79 Å². The third-order valence-corrected chi connectivity index (χ3v) is 3.44. The molecule has 0 aliphatic carbocycles. The average Bonchev–Trinajstić information content (AvgIpc) is 2.55. The molecule has 0 atom stereocenters. The summed E-state index contributed by atoms with van der Waals surface area (Å²) in [6.45, 7) is 8.23. The van der Waals surface area contributed by atoms with Gasteiger partial charge in [0, 0.05) is 28.6 Å². The first kappa shape index (κ1) is 17.7. The first-order valence-corrected chi connectivity index (χ1v) is 7.86. The Morgan fingerprint density at radius 1 is 1.08 bits per heavy atom. The first-order valence-electron chi connectivity index (χ1n) is 7.86. The van der Waals surface area contributed by atoms with Crippen LogP contribution >= 0.6 is 0 Å². The van der Waals surface area contributed by atoms with E-state index in [-0.39, 0.29) is 17.3 Å². The number of carbonyl (C=O) groups is 2. The van der Waals surface area contributed by atoms with Gasteiger partial charge in [-0.15, -0.1) is 0 Å². The Labute approximate surface area is 142 Å². The van der Waals surface area contributed by atoms with Crippen LogP contribution in [0.2, 0.25) is 0 Å². The molecule has 1 amide bonds. The highest BCUT2D eigenvalue weighted by Gasteiger charge is 2.17. The maximum Gasteiger partial charge on any atom is 0.338 e. The molecule has 0 fully saturated rings. The van der Waals surface area contributed by atoms with Gasteiger partial charge >= 0.3 is 5.97 Å². The lowest BCUT2D eigenvalue weighted by molar-refractivity contribution is 0.0526. The lowest BCUT2D eigenvalue weighted by Crippen LogP contribution is -2.17. The van der Waals surface area contributed by atoms with Crippen molar-refractivity contribution in [3.63, 3.8) is 0 Å². The summed E-state index contributed by atoms with van der Waals surface area (Å²) in [4.78, 5) is 28.3. The van der Waals surface area contributed by atoms with Crippen molar-refractivity contribution in [2.75, 3.05) is 11.9 Å². The minimum absolute atomic E-state index is 0.127. The number of rotatable bonds is 4. The van der Waals surface area contributed by atoms with E-state index < -0.39 is 0 Å². The predicted molar refractivity (Wildman–Crippen MR) is 93.3 cm³/mol. The standard InChI is InChI=1S/C19H22N2O3/c1-5-24-18(23)13-6-8-15(9-7-13)21-17(22)14-10-11-20-16(12-14)19(2,3)4/h6-12H,5H2,1-4H3,(H,21,22). The predicted octanol–water partition coefficient (Wildman–Crippen LogP) is 3.81. The van der Waals surface area contributed by atoms with Gasteiger partial charge in [-0.05, 0) is 43.3 Å². The molecule has 1 aromatic carbocycles. The van der Waals surface area contributed by atoms with E-state index in [0.717, 1.165) is 5.69 Å². The zero-order valence-corrected chi connectivity index (χ0v) is 14.4. The second kappa shape index (κ2) is 7.25. The molecule has 1 N–H and O–H groups in total. The topological polar surface area (TPSA) is 68.3 Å². The van der Waals surface area contributed by atoms with E-state index in [1.165, 1.54) is 0 Å². The van der Waals surface area contributed by atoms with Gasteiger partial charge in [-0.2, -0.15) is 0 Å². The van der Waals surface area contributed by atoms with Crippen molar-refractivity contribution in [2.24, 2.45) is 0 Å². The quantitative estimate of drug-likeness (QED) is 0.868. The van der Waals surface area contributed by atoms with Crippen LogP contribution in [0.3, 0.4) is 0 Å². The number of esters is 1. The molecule has 0 spiro atoms. The van der Waals surface area contributed by atoms with Gasteiger partial charge in [0.15, 0.2) is 0 Å². The van der Waals surface area contributed by atoms with Crippen molar-refractivity contribution in [2.45, 2.75) is 33.1 Å². The summed E-state index contributed by atoms with van der Waals surface area (Å²) in [6.07, 6.45) is 1.64. The van der Waals surface area contributed by atoms with Crippen LogP contribution in [0.1, 0.15) is 54.1 Å². The summed E-state index contributed by atoms with van der Waals surface area (Å²) in [6, 6.07) is 10.1. The van der Waals surface area contributed by atoms with Crippen LogP contribution in [0.4, 0.5) is 5.69 Å². The van der Waals surface area contributed by atoms with Crippen LogP contribution in [0.25, 0.3) is 0 Å². The van der Waals surface area contributed by atoms with E-state index >= 15 is 0 Å². The SMILES string of the molecule is CCOC(=O)c1ccc(NC(=O)c2ccnc(C(C)(C)C)c2)cc1. The number of benzene rings is 1. The van der Waals surface area contributed by atoms with E-state index in [1.54, 1.807) is 49.5 Å². The molecule has 0 radical (unpaired) electrons. The van der Waals surface area contributed by atoms with Crippen LogP contribution in [-0.2, 0) is 10.2 Å². The average molecular weight is 326 g/mol. The Bertz CT molecular complexity index is 731. The smallest absolute Gasteiger partial charge is 0.338 e. The van der Waals surface area contributed by atoms with Crippen molar-refractivity contribution in [1.29, 1.82) is 0 Å². The Balaban J connectivity index is 2.11. The molecule has 1 aromatic heterocycles. The molecule has 126 valence electrons. The van der Waals surface area contributed by atoms with E-state index in [2.05, 4.69) is 10.3 Å². The maximum absolute atomic E-state index is 12.4. The van der Waals surface area contributed by atoms with Gasteiger partial charge in [0.1, 0.15) is 0 Å². The number of hydrogen-bond acceptors (Lipinski definition) is 4. The van der Waals surface area contributed by atoms with Crippen molar-refractivity contribution in [3.8, 4) is 0 Å². The summed E-state index contributed by atoms with van der Waals surface area (Å²) in [7, 11) is 0. The second-order valence-electron chi connectivity index (χ2n) is 6.43. The highest BCUT2D eigenvalue weighted by atomic mass is 16.5. The van der Waals surface area contributed by atoms with Gasteiger partial charge < -0.3 is 10.1 Å². The van der Waals surface area contributed by atoms with Crippen molar-refractivity contribution in [3.05, 3.63) is 59.4 Å². The van der Waals surface area contributed by atoms with E-state index in [4.69, 9.17) is 4.74 Å². The fourth-order valence-corrected chi connectivity index (χ4v) is 2.09. The number of hydrogen-bond donors (Lipinski definition) is 1. The van der Waals surface area contributed by atoms with Crippen molar-refractivity contribution in [1.82, 2.24) is 4.98 Å². The second-order valence-corrected chi connectivity index (χ2v) is 6.43. The summed E-state index contributed by atoms with van der Waals surface area (Å²) in [5, 5.41) is 2.82. The molecule has 1 heterocycles. The van der Waals surface area contributed by atoms with Crippen LogP contribution in [0.15, 0.2) is 42.6 Å². The number of pyridine rings is 1. The largest absolute Gasteiger partial charge is 0.462 e. The lowest BCUT2D eigenvalue weighted by Gasteiger charge is -2.18. The minimum atomic E-state index is -0.376. The Kier molecular flexibility index (Phi) is 5.34. The number of carbonyl (C=O) groups excluding carboxylic acids is 2. The van der Waals surface area contributed by atoms with Crippen molar-refractivity contribution < 1.29 is 14.3 Å². The molecule has 5 nitrogen and oxygen atoms in total. The normalized spacial score (nSPS) is 11.0. The number of nitrogens with one attached hydrogen (secondary N) is 1. The molecule has 0 bridgehead atoms. The molecule has 0 aliphatic rings. The van der Waals surface area contributed by atoms with E-state index in [9.17, 15) is 9.59 Å². The number of nitrogens with zero attached hydrogens (tertiary/aromatic N) is 1. The number of ether oxygens (including phenoxy) is 1. The molecule has 5 heteroatoms. The lowest BCUT2D eigenvalue weighted by atomic mass is 9.91. The summed E-state index contributed by atoms with van der Waals surface area (Å²) < 4.78 is 4.93. The molecule has 0 aliphatic heterocycles. The minimum Gasteiger partial charge on any atom is -0.462 e. The Hall–Kier alpha value is -2.69. The fraction of sp³-hybridized carbons (Fsp3) is 0.316. The number of aromatic nitrogens is 1.